The number of pyridine rings is 1. The number of benzene rings is 2. The van der Waals surface area contributed by atoms with Crippen LogP contribution in [0.1, 0.15) is 11.3 Å². The van der Waals surface area contributed by atoms with Gasteiger partial charge in [0, 0.05) is 22.3 Å². The molecule has 0 aliphatic heterocycles. The van der Waals surface area contributed by atoms with E-state index in [-0.39, 0.29) is 24.1 Å². The zero-order valence-electron chi connectivity index (χ0n) is 18.5. The summed E-state index contributed by atoms with van der Waals surface area (Å²) >= 11 is 9.73. The minimum absolute atomic E-state index is 0.0693. The van der Waals surface area contributed by atoms with Crippen LogP contribution in [0.4, 0.5) is 10.2 Å². The molecular weight excluding hydrogens is 535 g/mol. The van der Waals surface area contributed by atoms with Gasteiger partial charge < -0.3 is 5.32 Å². The van der Waals surface area contributed by atoms with Crippen LogP contribution in [0.3, 0.4) is 0 Å². The fourth-order valence-corrected chi connectivity index (χ4v) is 4.37. The average molecular weight is 554 g/mol. The average Bonchev–Trinajstić information content (AvgIpc) is 3.34. The Kier molecular flexibility index (Phi) is 6.36. The van der Waals surface area contributed by atoms with Crippen molar-refractivity contribution in [2.45, 2.75) is 20.0 Å². The SMILES string of the molecule is Cc1nn(CC(=O)Nc2nn(Cc3ccc(Br)cc3)cc2Cl)c2nccc(-c3ccc(F)cc3)c12. The number of fused-ring (bicyclic) bond motifs is 1. The smallest absolute Gasteiger partial charge is 0.247 e. The summed E-state index contributed by atoms with van der Waals surface area (Å²) in [6, 6.07) is 16.0. The van der Waals surface area contributed by atoms with Crippen LogP contribution in [0, 0.1) is 12.7 Å². The molecule has 2 aromatic carbocycles. The first-order chi connectivity index (χ1) is 16.9. The first-order valence-corrected chi connectivity index (χ1v) is 11.9. The highest BCUT2D eigenvalue weighted by Gasteiger charge is 2.17. The summed E-state index contributed by atoms with van der Waals surface area (Å²) in [5.41, 5.74) is 4.04. The standard InChI is InChI=1S/C25H19BrClFN6O/c1-15-23-20(17-4-8-19(28)9-5-17)10-11-29-25(23)34(31-15)14-22(35)30-24-21(27)13-33(32-24)12-16-2-6-18(26)7-3-16/h2-11,13H,12,14H2,1H3,(H,30,32,35). The molecule has 5 aromatic rings. The molecule has 3 aromatic heterocycles. The van der Waals surface area contributed by atoms with Crippen LogP contribution in [0.5, 0.6) is 0 Å². The molecule has 0 unspecified atom stereocenters. The molecule has 0 aliphatic rings. The molecular formula is C25H19BrClFN6O. The molecule has 0 atom stereocenters. The van der Waals surface area contributed by atoms with Crippen LogP contribution < -0.4 is 5.32 Å². The van der Waals surface area contributed by atoms with Gasteiger partial charge in [-0.25, -0.2) is 14.1 Å². The van der Waals surface area contributed by atoms with Crippen molar-refractivity contribution in [2.24, 2.45) is 0 Å². The third kappa shape index (κ3) is 4.96. The van der Waals surface area contributed by atoms with E-state index in [1.807, 2.05) is 37.3 Å². The Bertz CT molecular complexity index is 1530. The van der Waals surface area contributed by atoms with Gasteiger partial charge in [-0.1, -0.05) is 51.8 Å². The lowest BCUT2D eigenvalue weighted by atomic mass is 10.0. The van der Waals surface area contributed by atoms with Crippen molar-refractivity contribution in [1.82, 2.24) is 24.5 Å². The molecule has 0 radical (unpaired) electrons. The summed E-state index contributed by atoms with van der Waals surface area (Å²) < 4.78 is 17.6. The van der Waals surface area contributed by atoms with Gasteiger partial charge in [0.15, 0.2) is 11.5 Å². The highest BCUT2D eigenvalue weighted by atomic mass is 79.9. The number of aromatic nitrogens is 5. The second kappa shape index (κ2) is 9.59. The van der Waals surface area contributed by atoms with Crippen LogP contribution in [-0.2, 0) is 17.9 Å². The van der Waals surface area contributed by atoms with E-state index < -0.39 is 0 Å². The number of anilines is 1. The Morgan fingerprint density at radius 2 is 1.83 bits per heavy atom. The van der Waals surface area contributed by atoms with E-state index in [9.17, 15) is 9.18 Å². The first kappa shape index (κ1) is 23.2. The molecule has 0 spiro atoms. The van der Waals surface area contributed by atoms with Gasteiger partial charge >= 0.3 is 0 Å². The number of aryl methyl sites for hydroxylation is 1. The quantitative estimate of drug-likeness (QED) is 0.286. The van der Waals surface area contributed by atoms with Gasteiger partial charge in [0.2, 0.25) is 5.91 Å². The lowest BCUT2D eigenvalue weighted by Crippen LogP contribution is -2.20. The second-order valence-electron chi connectivity index (χ2n) is 8.00. The van der Waals surface area contributed by atoms with Crippen LogP contribution >= 0.6 is 27.5 Å². The highest BCUT2D eigenvalue weighted by Crippen LogP contribution is 2.30. The number of carbonyl (C=O) groups excluding carboxylic acids is 1. The number of amides is 1. The number of hydrogen-bond donors (Lipinski definition) is 1. The van der Waals surface area contributed by atoms with Gasteiger partial charge in [0.1, 0.15) is 17.4 Å². The molecule has 35 heavy (non-hydrogen) atoms. The topological polar surface area (TPSA) is 77.6 Å². The van der Waals surface area contributed by atoms with Crippen molar-refractivity contribution in [2.75, 3.05) is 5.32 Å². The van der Waals surface area contributed by atoms with Gasteiger partial charge in [-0.3, -0.25) is 9.48 Å². The zero-order chi connectivity index (χ0) is 24.5. The molecule has 0 saturated heterocycles. The summed E-state index contributed by atoms with van der Waals surface area (Å²) in [4.78, 5) is 17.3. The number of nitrogens with one attached hydrogen (secondary N) is 1. The van der Waals surface area contributed by atoms with Gasteiger partial charge in [0.05, 0.1) is 12.2 Å². The van der Waals surface area contributed by atoms with Crippen molar-refractivity contribution >= 4 is 50.3 Å². The predicted octanol–water partition coefficient (Wildman–Crippen LogP) is 5.85. The van der Waals surface area contributed by atoms with Crippen LogP contribution in [0.15, 0.2) is 71.5 Å². The molecule has 1 N–H and O–H groups in total. The Balaban J connectivity index is 1.35. The number of rotatable bonds is 6. The predicted molar refractivity (Wildman–Crippen MR) is 137 cm³/mol. The summed E-state index contributed by atoms with van der Waals surface area (Å²) in [5, 5.41) is 12.8. The maximum atomic E-state index is 13.4. The lowest BCUT2D eigenvalue weighted by molar-refractivity contribution is -0.116. The van der Waals surface area contributed by atoms with E-state index in [0.717, 1.165) is 32.2 Å². The second-order valence-corrected chi connectivity index (χ2v) is 9.33. The highest BCUT2D eigenvalue weighted by molar-refractivity contribution is 9.10. The van der Waals surface area contributed by atoms with E-state index in [1.165, 1.54) is 12.1 Å². The summed E-state index contributed by atoms with van der Waals surface area (Å²) in [6.07, 6.45) is 3.32. The maximum absolute atomic E-state index is 13.4. The van der Waals surface area contributed by atoms with Gasteiger partial charge in [-0.15, -0.1) is 0 Å². The van der Waals surface area contributed by atoms with Crippen molar-refractivity contribution < 1.29 is 9.18 Å². The Hall–Kier alpha value is -3.56. The lowest BCUT2D eigenvalue weighted by Gasteiger charge is -2.06. The molecule has 1 amide bonds. The minimum atomic E-state index is -0.334. The summed E-state index contributed by atoms with van der Waals surface area (Å²) in [6.45, 7) is 2.30. The van der Waals surface area contributed by atoms with E-state index in [1.54, 1.807) is 33.9 Å². The third-order valence-corrected chi connectivity index (χ3v) is 6.29. The van der Waals surface area contributed by atoms with Crippen molar-refractivity contribution in [3.63, 3.8) is 0 Å². The summed E-state index contributed by atoms with van der Waals surface area (Å²) in [7, 11) is 0. The molecule has 10 heteroatoms. The minimum Gasteiger partial charge on any atom is -0.306 e. The Labute approximate surface area is 213 Å². The van der Waals surface area contributed by atoms with E-state index in [4.69, 9.17) is 11.6 Å². The monoisotopic (exact) mass is 552 g/mol. The van der Waals surface area contributed by atoms with E-state index in [2.05, 4.69) is 36.4 Å². The number of hydrogen-bond acceptors (Lipinski definition) is 4. The maximum Gasteiger partial charge on any atom is 0.247 e. The van der Waals surface area contributed by atoms with Crippen LogP contribution in [-0.4, -0.2) is 30.5 Å². The van der Waals surface area contributed by atoms with Crippen molar-refractivity contribution in [3.05, 3.63) is 93.6 Å². The fraction of sp³-hybridized carbons (Fsp3) is 0.120. The molecule has 0 bridgehead atoms. The molecule has 5 rings (SSSR count). The normalized spacial score (nSPS) is 11.2. The number of halogens is 3. The fourth-order valence-electron chi connectivity index (χ4n) is 3.91. The van der Waals surface area contributed by atoms with Gasteiger partial charge in [0.25, 0.3) is 0 Å². The molecule has 7 nitrogen and oxygen atoms in total. The van der Waals surface area contributed by atoms with Crippen molar-refractivity contribution in [1.29, 1.82) is 0 Å². The summed E-state index contributed by atoms with van der Waals surface area (Å²) in [5.74, 6) is -0.359. The first-order valence-electron chi connectivity index (χ1n) is 10.7. The molecule has 0 fully saturated rings. The molecule has 0 saturated carbocycles. The largest absolute Gasteiger partial charge is 0.306 e. The van der Waals surface area contributed by atoms with E-state index in [0.29, 0.717) is 17.2 Å². The van der Waals surface area contributed by atoms with Crippen LogP contribution in [0.2, 0.25) is 5.02 Å². The van der Waals surface area contributed by atoms with Gasteiger partial charge in [-0.2, -0.15) is 10.2 Å². The van der Waals surface area contributed by atoms with Crippen LogP contribution in [0.25, 0.3) is 22.2 Å². The zero-order valence-corrected chi connectivity index (χ0v) is 20.9. The molecule has 0 aliphatic carbocycles. The third-order valence-electron chi connectivity index (χ3n) is 5.49. The number of nitrogens with zero attached hydrogens (tertiary/aromatic N) is 5. The Morgan fingerprint density at radius 1 is 1.09 bits per heavy atom. The van der Waals surface area contributed by atoms with Crippen molar-refractivity contribution in [3.8, 4) is 11.1 Å². The van der Waals surface area contributed by atoms with Gasteiger partial charge in [-0.05, 0) is 53.9 Å². The van der Waals surface area contributed by atoms with E-state index >= 15 is 0 Å². The molecule has 176 valence electrons. The molecule has 3 heterocycles. The Morgan fingerprint density at radius 3 is 2.57 bits per heavy atom. The number of carbonyl (C=O) groups is 1.